The molecule has 4 heteroatoms. The zero-order chi connectivity index (χ0) is 13.2. The van der Waals surface area contributed by atoms with Crippen molar-refractivity contribution >= 4 is 22.2 Å². The zero-order valence-electron chi connectivity index (χ0n) is 10.9. The van der Waals surface area contributed by atoms with Crippen LogP contribution >= 0.6 is 11.3 Å². The number of nitrogens with two attached hydrogens (primary N) is 1. The molecule has 0 fully saturated rings. The summed E-state index contributed by atoms with van der Waals surface area (Å²) >= 11 is 1.72. The molecular formula is C15H17N3S. The van der Waals surface area contributed by atoms with Crippen LogP contribution in [-0.2, 0) is 6.42 Å². The van der Waals surface area contributed by atoms with Crippen LogP contribution in [0.15, 0.2) is 29.6 Å². The highest BCUT2D eigenvalue weighted by Crippen LogP contribution is 2.32. The maximum absolute atomic E-state index is 5.55. The normalized spacial score (nSPS) is 11.3. The van der Waals surface area contributed by atoms with Crippen LogP contribution in [0.4, 0.5) is 0 Å². The molecule has 98 valence electrons. The molecule has 0 saturated carbocycles. The smallest absolute Gasteiger partial charge is 0.0933 e. The summed E-state index contributed by atoms with van der Waals surface area (Å²) in [6.45, 7) is 2.83. The number of aryl methyl sites for hydroxylation is 2. The number of rotatable bonds is 4. The van der Waals surface area contributed by atoms with Crippen molar-refractivity contribution in [1.82, 2.24) is 9.97 Å². The van der Waals surface area contributed by atoms with Gasteiger partial charge in [0.1, 0.15) is 0 Å². The van der Waals surface area contributed by atoms with Gasteiger partial charge in [-0.2, -0.15) is 0 Å². The summed E-state index contributed by atoms with van der Waals surface area (Å²) < 4.78 is 0. The number of aromatic nitrogens is 2. The predicted octanol–water partition coefficient (Wildman–Crippen LogP) is 3.49. The van der Waals surface area contributed by atoms with Gasteiger partial charge in [-0.25, -0.2) is 4.98 Å². The summed E-state index contributed by atoms with van der Waals surface area (Å²) in [5.41, 5.74) is 10.2. The first kappa shape index (κ1) is 12.4. The summed E-state index contributed by atoms with van der Waals surface area (Å²) in [4.78, 5) is 8.17. The predicted molar refractivity (Wildman–Crippen MR) is 81.5 cm³/mol. The monoisotopic (exact) mass is 271 g/mol. The number of hydrogen-bond acceptors (Lipinski definition) is 3. The van der Waals surface area contributed by atoms with E-state index in [-0.39, 0.29) is 0 Å². The highest BCUT2D eigenvalue weighted by atomic mass is 32.1. The molecule has 0 aliphatic heterocycles. The van der Waals surface area contributed by atoms with E-state index in [9.17, 15) is 0 Å². The molecule has 3 rings (SSSR count). The summed E-state index contributed by atoms with van der Waals surface area (Å²) in [7, 11) is 0. The quantitative estimate of drug-likeness (QED) is 0.763. The van der Waals surface area contributed by atoms with Gasteiger partial charge in [0.15, 0.2) is 0 Å². The summed E-state index contributed by atoms with van der Waals surface area (Å²) in [5.74, 6) is 0. The minimum absolute atomic E-state index is 0.723. The average molecular weight is 271 g/mol. The highest BCUT2D eigenvalue weighted by Gasteiger charge is 2.13. The van der Waals surface area contributed by atoms with E-state index in [0.717, 1.165) is 25.1 Å². The lowest BCUT2D eigenvalue weighted by Crippen LogP contribution is -1.99. The number of thiazole rings is 1. The fourth-order valence-corrected chi connectivity index (χ4v) is 3.23. The van der Waals surface area contributed by atoms with E-state index < -0.39 is 0 Å². The number of nitrogens with zero attached hydrogens (tertiary/aromatic N) is 1. The molecule has 1 aromatic carbocycles. The van der Waals surface area contributed by atoms with Crippen LogP contribution < -0.4 is 5.73 Å². The van der Waals surface area contributed by atoms with Crippen LogP contribution in [-0.4, -0.2) is 16.5 Å². The Morgan fingerprint density at radius 1 is 1.32 bits per heavy atom. The second kappa shape index (κ2) is 5.15. The lowest BCUT2D eigenvalue weighted by molar-refractivity contribution is 0.827. The van der Waals surface area contributed by atoms with Gasteiger partial charge in [0, 0.05) is 34.0 Å². The SMILES string of the molecule is Cc1[nH]c2ccccc2c1-c1csc(CCCN)n1. The number of hydrogen-bond donors (Lipinski definition) is 2. The maximum Gasteiger partial charge on any atom is 0.0933 e. The van der Waals surface area contributed by atoms with E-state index in [1.807, 2.05) is 0 Å². The summed E-state index contributed by atoms with van der Waals surface area (Å²) in [5, 5.41) is 4.56. The van der Waals surface area contributed by atoms with Crippen molar-refractivity contribution in [3.8, 4) is 11.3 Å². The molecular weight excluding hydrogens is 254 g/mol. The van der Waals surface area contributed by atoms with Gasteiger partial charge in [0.05, 0.1) is 10.7 Å². The molecule has 2 heterocycles. The molecule has 3 nitrogen and oxygen atoms in total. The first-order valence-corrected chi connectivity index (χ1v) is 7.39. The zero-order valence-corrected chi connectivity index (χ0v) is 11.8. The number of fused-ring (bicyclic) bond motifs is 1. The van der Waals surface area contributed by atoms with E-state index in [0.29, 0.717) is 0 Å². The fourth-order valence-electron chi connectivity index (χ4n) is 2.40. The van der Waals surface area contributed by atoms with Crippen molar-refractivity contribution in [2.45, 2.75) is 19.8 Å². The topological polar surface area (TPSA) is 54.7 Å². The van der Waals surface area contributed by atoms with Crippen molar-refractivity contribution in [1.29, 1.82) is 0 Å². The molecule has 3 aromatic rings. The van der Waals surface area contributed by atoms with Crippen LogP contribution in [0.1, 0.15) is 17.1 Å². The van der Waals surface area contributed by atoms with Gasteiger partial charge in [0.2, 0.25) is 0 Å². The Morgan fingerprint density at radius 3 is 3.00 bits per heavy atom. The third-order valence-electron chi connectivity index (χ3n) is 3.30. The third-order valence-corrected chi connectivity index (χ3v) is 4.20. The second-order valence-corrected chi connectivity index (χ2v) is 5.63. The Labute approximate surface area is 116 Å². The summed E-state index contributed by atoms with van der Waals surface area (Å²) in [6.07, 6.45) is 1.97. The van der Waals surface area contributed by atoms with Crippen molar-refractivity contribution in [2.75, 3.05) is 6.54 Å². The minimum Gasteiger partial charge on any atom is -0.358 e. The standard InChI is InChI=1S/C15H17N3S/c1-10-15(11-5-2-3-6-12(11)17-10)13-9-19-14(18-13)7-4-8-16/h2-3,5-6,9,17H,4,7-8,16H2,1H3. The van der Waals surface area contributed by atoms with E-state index in [1.165, 1.54) is 27.2 Å². The Morgan fingerprint density at radius 2 is 2.16 bits per heavy atom. The molecule has 0 aliphatic rings. The second-order valence-electron chi connectivity index (χ2n) is 4.69. The number of benzene rings is 1. The lowest BCUT2D eigenvalue weighted by atomic mass is 10.1. The van der Waals surface area contributed by atoms with E-state index in [2.05, 4.69) is 41.6 Å². The number of para-hydroxylation sites is 1. The molecule has 0 unspecified atom stereocenters. The van der Waals surface area contributed by atoms with E-state index >= 15 is 0 Å². The first-order valence-electron chi connectivity index (χ1n) is 6.51. The van der Waals surface area contributed by atoms with E-state index in [1.54, 1.807) is 11.3 Å². The number of nitrogens with one attached hydrogen (secondary N) is 1. The largest absolute Gasteiger partial charge is 0.358 e. The molecule has 0 aliphatic carbocycles. The molecule has 0 saturated heterocycles. The summed E-state index contributed by atoms with van der Waals surface area (Å²) in [6, 6.07) is 8.37. The van der Waals surface area contributed by atoms with Crippen molar-refractivity contribution in [2.24, 2.45) is 5.73 Å². The highest BCUT2D eigenvalue weighted by molar-refractivity contribution is 7.09. The Balaban J connectivity index is 2.04. The van der Waals surface area contributed by atoms with Crippen LogP contribution in [0, 0.1) is 6.92 Å². The maximum atomic E-state index is 5.55. The Hall–Kier alpha value is -1.65. The fraction of sp³-hybridized carbons (Fsp3) is 0.267. The van der Waals surface area contributed by atoms with Gasteiger partial charge >= 0.3 is 0 Å². The molecule has 0 atom stereocenters. The molecule has 2 aromatic heterocycles. The van der Waals surface area contributed by atoms with Crippen molar-refractivity contribution in [3.63, 3.8) is 0 Å². The number of aromatic amines is 1. The van der Waals surface area contributed by atoms with Crippen LogP contribution in [0.25, 0.3) is 22.2 Å². The molecule has 0 radical (unpaired) electrons. The average Bonchev–Trinajstić information content (AvgIpc) is 2.99. The van der Waals surface area contributed by atoms with Crippen molar-refractivity contribution in [3.05, 3.63) is 40.3 Å². The van der Waals surface area contributed by atoms with Crippen LogP contribution in [0.3, 0.4) is 0 Å². The van der Waals surface area contributed by atoms with Gasteiger partial charge in [-0.05, 0) is 26.0 Å². The van der Waals surface area contributed by atoms with Crippen molar-refractivity contribution < 1.29 is 0 Å². The Kier molecular flexibility index (Phi) is 3.36. The van der Waals surface area contributed by atoms with Gasteiger partial charge in [-0.15, -0.1) is 11.3 Å². The lowest BCUT2D eigenvalue weighted by Gasteiger charge is -1.97. The number of H-pyrrole nitrogens is 1. The van der Waals surface area contributed by atoms with Gasteiger partial charge < -0.3 is 10.7 Å². The van der Waals surface area contributed by atoms with E-state index in [4.69, 9.17) is 10.7 Å². The van der Waals surface area contributed by atoms with Gasteiger partial charge in [-0.1, -0.05) is 18.2 Å². The third kappa shape index (κ3) is 2.29. The van der Waals surface area contributed by atoms with Gasteiger partial charge in [0.25, 0.3) is 0 Å². The minimum atomic E-state index is 0.723. The molecule has 3 N–H and O–H groups in total. The molecule has 0 spiro atoms. The first-order chi connectivity index (χ1) is 9.29. The molecule has 19 heavy (non-hydrogen) atoms. The Bertz CT molecular complexity index is 696. The van der Waals surface area contributed by atoms with Gasteiger partial charge in [-0.3, -0.25) is 0 Å². The molecule has 0 amide bonds. The molecule has 0 bridgehead atoms. The van der Waals surface area contributed by atoms with Crippen LogP contribution in [0.2, 0.25) is 0 Å². The van der Waals surface area contributed by atoms with Crippen LogP contribution in [0.5, 0.6) is 0 Å².